The first-order chi connectivity index (χ1) is 19.4. The van der Waals surface area contributed by atoms with Gasteiger partial charge < -0.3 is 10.1 Å². The van der Waals surface area contributed by atoms with Crippen LogP contribution in [0.15, 0.2) is 82.7 Å². The summed E-state index contributed by atoms with van der Waals surface area (Å²) in [7, 11) is 0. The Morgan fingerprint density at radius 1 is 0.975 bits per heavy atom. The molecule has 0 saturated heterocycles. The standard InChI is InChI=1S/C30H28N4O3S3/c1-4-20-8-10-21(11-9-20)31-25(35)18-39-29-32-27-26(28(36)34(29)23-12-6-19(3)7-13-23)40-30(38)33(27)22-14-16-24(17-15-22)37-5-2/h6-17H,4-5,18H2,1-3H3,(H,31,35). The van der Waals surface area contributed by atoms with E-state index in [0.717, 1.165) is 29.1 Å². The molecule has 0 bridgehead atoms. The molecule has 0 radical (unpaired) electrons. The summed E-state index contributed by atoms with van der Waals surface area (Å²) in [6.45, 7) is 6.58. The van der Waals surface area contributed by atoms with E-state index in [1.807, 2.05) is 86.6 Å². The lowest BCUT2D eigenvalue weighted by atomic mass is 10.1. The Morgan fingerprint density at radius 2 is 1.62 bits per heavy atom. The lowest BCUT2D eigenvalue weighted by molar-refractivity contribution is -0.113. The van der Waals surface area contributed by atoms with E-state index >= 15 is 0 Å². The predicted octanol–water partition coefficient (Wildman–Crippen LogP) is 6.97. The maximum atomic E-state index is 13.9. The van der Waals surface area contributed by atoms with Gasteiger partial charge in [0.25, 0.3) is 5.56 Å². The Labute approximate surface area is 245 Å². The summed E-state index contributed by atoms with van der Waals surface area (Å²) < 4.78 is 9.89. The number of thioether (sulfide) groups is 1. The molecule has 0 aliphatic rings. The molecule has 7 nitrogen and oxygen atoms in total. The predicted molar refractivity (Wildman–Crippen MR) is 166 cm³/mol. The Morgan fingerprint density at radius 3 is 2.27 bits per heavy atom. The number of nitrogens with zero attached hydrogens (tertiary/aromatic N) is 3. The molecule has 2 heterocycles. The van der Waals surface area contributed by atoms with Gasteiger partial charge in [-0.3, -0.25) is 18.7 Å². The number of rotatable bonds is 9. The van der Waals surface area contributed by atoms with E-state index in [1.54, 1.807) is 9.13 Å². The monoisotopic (exact) mass is 588 g/mol. The lowest BCUT2D eigenvalue weighted by Crippen LogP contribution is -2.22. The molecule has 0 saturated carbocycles. The van der Waals surface area contributed by atoms with Crippen molar-refractivity contribution in [2.45, 2.75) is 32.3 Å². The van der Waals surface area contributed by atoms with Gasteiger partial charge in [0.05, 0.1) is 18.0 Å². The van der Waals surface area contributed by atoms with Gasteiger partial charge in [0, 0.05) is 11.4 Å². The van der Waals surface area contributed by atoms with Crippen molar-refractivity contribution in [3.05, 3.63) is 98.2 Å². The molecule has 5 aromatic rings. The van der Waals surface area contributed by atoms with Gasteiger partial charge in [0.1, 0.15) is 10.4 Å². The fraction of sp³-hybridized carbons (Fsp3) is 0.200. The quantitative estimate of drug-likeness (QED) is 0.114. The Hall–Kier alpha value is -3.73. The van der Waals surface area contributed by atoms with Gasteiger partial charge in [-0.05, 0) is 86.6 Å². The number of hydrogen-bond acceptors (Lipinski definition) is 7. The number of ether oxygens (including phenoxy) is 1. The summed E-state index contributed by atoms with van der Waals surface area (Å²) in [6, 6.07) is 22.9. The second-order valence-corrected chi connectivity index (χ2v) is 11.6. The van der Waals surface area contributed by atoms with Gasteiger partial charge in [-0.1, -0.05) is 59.9 Å². The molecule has 0 aliphatic heterocycles. The zero-order valence-corrected chi connectivity index (χ0v) is 24.8. The molecule has 3 aromatic carbocycles. The third-order valence-electron chi connectivity index (χ3n) is 6.25. The number of hydrogen-bond donors (Lipinski definition) is 1. The summed E-state index contributed by atoms with van der Waals surface area (Å²) in [5, 5.41) is 3.34. The van der Waals surface area contributed by atoms with Crippen LogP contribution in [0.4, 0.5) is 5.69 Å². The lowest BCUT2D eigenvalue weighted by Gasteiger charge is -2.13. The molecular weight excluding hydrogens is 561 g/mol. The number of carbonyl (C=O) groups excluding carboxylic acids is 1. The fourth-order valence-corrected chi connectivity index (χ4v) is 6.30. The molecule has 0 atom stereocenters. The first-order valence-corrected chi connectivity index (χ1v) is 15.1. The van der Waals surface area contributed by atoms with Crippen LogP contribution in [0.5, 0.6) is 5.75 Å². The van der Waals surface area contributed by atoms with Crippen molar-refractivity contribution in [3.8, 4) is 17.1 Å². The van der Waals surface area contributed by atoms with Gasteiger partial charge in [-0.25, -0.2) is 4.98 Å². The molecule has 1 N–H and O–H groups in total. The van der Waals surface area contributed by atoms with Crippen LogP contribution in [0.25, 0.3) is 21.7 Å². The number of anilines is 1. The SMILES string of the molecule is CCOc1ccc(-n2c(=S)sc3c(=O)n(-c4ccc(C)cc4)c(SCC(=O)Nc4ccc(CC)cc4)nc32)cc1. The van der Waals surface area contributed by atoms with Gasteiger partial charge in [0.15, 0.2) is 14.8 Å². The largest absolute Gasteiger partial charge is 0.494 e. The minimum absolute atomic E-state index is 0.0766. The van der Waals surface area contributed by atoms with Crippen LogP contribution in [-0.4, -0.2) is 32.4 Å². The summed E-state index contributed by atoms with van der Waals surface area (Å²) >= 11 is 8.12. The molecule has 10 heteroatoms. The maximum absolute atomic E-state index is 13.9. The first kappa shape index (κ1) is 27.8. The molecule has 40 heavy (non-hydrogen) atoms. The van der Waals surface area contributed by atoms with Crippen molar-refractivity contribution in [1.29, 1.82) is 0 Å². The Kier molecular flexibility index (Phi) is 8.49. The van der Waals surface area contributed by atoms with Crippen molar-refractivity contribution in [2.24, 2.45) is 0 Å². The molecule has 0 aliphatic carbocycles. The van der Waals surface area contributed by atoms with E-state index in [1.165, 1.54) is 28.7 Å². The molecule has 0 fully saturated rings. The summed E-state index contributed by atoms with van der Waals surface area (Å²) in [5.41, 5.74) is 4.69. The highest BCUT2D eigenvalue weighted by molar-refractivity contribution is 7.99. The minimum atomic E-state index is -0.229. The average Bonchev–Trinajstić information content (AvgIpc) is 3.29. The number of nitrogens with one attached hydrogen (secondary N) is 1. The normalized spacial score (nSPS) is 11.1. The van der Waals surface area contributed by atoms with Crippen LogP contribution in [-0.2, 0) is 11.2 Å². The molecule has 0 unspecified atom stereocenters. The number of amides is 1. The highest BCUT2D eigenvalue weighted by atomic mass is 32.2. The molecular formula is C30H28N4O3S3. The van der Waals surface area contributed by atoms with Crippen molar-refractivity contribution in [1.82, 2.24) is 14.1 Å². The zero-order valence-electron chi connectivity index (χ0n) is 22.3. The van der Waals surface area contributed by atoms with Gasteiger partial charge in [-0.2, -0.15) is 0 Å². The zero-order chi connectivity index (χ0) is 28.2. The average molecular weight is 589 g/mol. The van der Waals surface area contributed by atoms with E-state index in [2.05, 4.69) is 12.2 Å². The van der Waals surface area contributed by atoms with E-state index in [0.29, 0.717) is 31.8 Å². The van der Waals surface area contributed by atoms with Gasteiger partial charge in [0.2, 0.25) is 5.91 Å². The van der Waals surface area contributed by atoms with E-state index < -0.39 is 0 Å². The van der Waals surface area contributed by atoms with E-state index in [-0.39, 0.29) is 17.2 Å². The molecule has 0 spiro atoms. The second kappa shape index (κ2) is 12.2. The molecule has 2 aromatic heterocycles. The number of benzene rings is 3. The number of thiazole rings is 1. The van der Waals surface area contributed by atoms with Crippen LogP contribution in [0, 0.1) is 10.9 Å². The first-order valence-electron chi connectivity index (χ1n) is 12.9. The smallest absolute Gasteiger partial charge is 0.278 e. The number of aromatic nitrogens is 3. The van der Waals surface area contributed by atoms with Crippen molar-refractivity contribution in [3.63, 3.8) is 0 Å². The topological polar surface area (TPSA) is 78.1 Å². The van der Waals surface area contributed by atoms with Crippen LogP contribution >= 0.6 is 35.3 Å². The highest BCUT2D eigenvalue weighted by Crippen LogP contribution is 2.28. The molecule has 5 rings (SSSR count). The van der Waals surface area contributed by atoms with Crippen LogP contribution in [0.2, 0.25) is 0 Å². The Balaban J connectivity index is 1.55. The summed E-state index contributed by atoms with van der Waals surface area (Å²) in [4.78, 5) is 31.7. The fourth-order valence-electron chi connectivity index (χ4n) is 4.19. The summed E-state index contributed by atoms with van der Waals surface area (Å²) in [5.74, 6) is 0.638. The molecule has 204 valence electrons. The third-order valence-corrected chi connectivity index (χ3v) is 8.54. The van der Waals surface area contributed by atoms with Crippen molar-refractivity contribution < 1.29 is 9.53 Å². The second-order valence-electron chi connectivity index (χ2n) is 9.04. The van der Waals surface area contributed by atoms with Crippen molar-refractivity contribution in [2.75, 3.05) is 17.7 Å². The minimum Gasteiger partial charge on any atom is -0.494 e. The Bertz CT molecular complexity index is 1770. The van der Waals surface area contributed by atoms with Crippen LogP contribution < -0.4 is 15.6 Å². The van der Waals surface area contributed by atoms with Crippen LogP contribution in [0.1, 0.15) is 25.0 Å². The number of carbonyl (C=O) groups is 1. The van der Waals surface area contributed by atoms with E-state index in [9.17, 15) is 9.59 Å². The van der Waals surface area contributed by atoms with Gasteiger partial charge >= 0.3 is 0 Å². The van der Waals surface area contributed by atoms with E-state index in [4.69, 9.17) is 21.9 Å². The van der Waals surface area contributed by atoms with Crippen LogP contribution in [0.3, 0.4) is 0 Å². The van der Waals surface area contributed by atoms with Gasteiger partial charge in [-0.15, -0.1) is 0 Å². The third kappa shape index (κ3) is 5.89. The highest BCUT2D eigenvalue weighted by Gasteiger charge is 2.20. The maximum Gasteiger partial charge on any atom is 0.278 e. The number of fused-ring (bicyclic) bond motifs is 1. The number of aryl methyl sites for hydroxylation is 2. The summed E-state index contributed by atoms with van der Waals surface area (Å²) in [6.07, 6.45) is 0.931. The molecule has 1 amide bonds. The van der Waals surface area contributed by atoms with Crippen molar-refractivity contribution >= 4 is 57.3 Å².